The van der Waals surface area contributed by atoms with E-state index in [0.717, 1.165) is 6.07 Å². The minimum Gasteiger partial charge on any atom is -0.487 e. The molecule has 0 radical (unpaired) electrons. The number of pyridine rings is 1. The van der Waals surface area contributed by atoms with Crippen molar-refractivity contribution in [1.82, 2.24) is 4.98 Å². The van der Waals surface area contributed by atoms with Gasteiger partial charge in [-0.1, -0.05) is 23.7 Å². The van der Waals surface area contributed by atoms with Crippen molar-refractivity contribution in [2.75, 3.05) is 0 Å². The number of hydrogen-bond acceptors (Lipinski definition) is 2. The largest absolute Gasteiger partial charge is 0.487 e. The van der Waals surface area contributed by atoms with Crippen LogP contribution in [-0.2, 0) is 6.61 Å². The SMILES string of the molecule is Fc1cccc(COc2ccc(Cl)nc2)c1F. The maximum Gasteiger partial charge on any atom is 0.165 e. The van der Waals surface area contributed by atoms with Crippen LogP contribution in [0.4, 0.5) is 8.78 Å². The standard InChI is InChI=1S/C12H8ClF2NO/c13-11-5-4-9(6-16-11)17-7-8-2-1-3-10(14)12(8)15/h1-6H,7H2. The molecule has 17 heavy (non-hydrogen) atoms. The Bertz CT molecular complexity index is 516. The van der Waals surface area contributed by atoms with Gasteiger partial charge in [0.2, 0.25) is 0 Å². The lowest BCUT2D eigenvalue weighted by molar-refractivity contribution is 0.296. The van der Waals surface area contributed by atoms with Crippen molar-refractivity contribution in [2.24, 2.45) is 0 Å². The molecule has 0 spiro atoms. The van der Waals surface area contributed by atoms with Gasteiger partial charge in [-0.15, -0.1) is 0 Å². The summed E-state index contributed by atoms with van der Waals surface area (Å²) in [5.41, 5.74) is 0.153. The smallest absolute Gasteiger partial charge is 0.165 e. The summed E-state index contributed by atoms with van der Waals surface area (Å²) in [6, 6.07) is 7.10. The molecule has 0 aliphatic carbocycles. The van der Waals surface area contributed by atoms with Gasteiger partial charge in [0, 0.05) is 5.56 Å². The first-order chi connectivity index (χ1) is 8.16. The van der Waals surface area contributed by atoms with E-state index in [9.17, 15) is 8.78 Å². The highest BCUT2D eigenvalue weighted by Crippen LogP contribution is 2.16. The van der Waals surface area contributed by atoms with Crippen molar-refractivity contribution in [3.63, 3.8) is 0 Å². The molecular weight excluding hydrogens is 248 g/mol. The molecule has 88 valence electrons. The van der Waals surface area contributed by atoms with Gasteiger partial charge < -0.3 is 4.74 Å². The number of hydrogen-bond donors (Lipinski definition) is 0. The van der Waals surface area contributed by atoms with Crippen LogP contribution in [0.25, 0.3) is 0 Å². The van der Waals surface area contributed by atoms with Crippen LogP contribution >= 0.6 is 11.6 Å². The van der Waals surface area contributed by atoms with Crippen molar-refractivity contribution < 1.29 is 13.5 Å². The minimum absolute atomic E-state index is 0.0626. The molecule has 1 heterocycles. The average Bonchev–Trinajstić information content (AvgIpc) is 2.33. The summed E-state index contributed by atoms with van der Waals surface area (Å²) >= 11 is 5.60. The van der Waals surface area contributed by atoms with E-state index in [4.69, 9.17) is 16.3 Å². The fourth-order valence-electron chi connectivity index (χ4n) is 1.27. The maximum absolute atomic E-state index is 13.3. The van der Waals surface area contributed by atoms with E-state index < -0.39 is 11.6 Å². The van der Waals surface area contributed by atoms with Crippen LogP contribution in [-0.4, -0.2) is 4.98 Å². The Morgan fingerprint density at radius 3 is 2.71 bits per heavy atom. The molecule has 2 rings (SSSR count). The predicted molar refractivity (Wildman–Crippen MR) is 59.9 cm³/mol. The zero-order chi connectivity index (χ0) is 12.3. The fourth-order valence-corrected chi connectivity index (χ4v) is 1.38. The molecule has 0 aliphatic rings. The summed E-state index contributed by atoms with van der Waals surface area (Å²) < 4.78 is 31.4. The molecule has 5 heteroatoms. The van der Waals surface area contributed by atoms with Crippen molar-refractivity contribution in [1.29, 1.82) is 0 Å². The summed E-state index contributed by atoms with van der Waals surface area (Å²) in [6.45, 7) is -0.0626. The number of ether oxygens (including phenoxy) is 1. The van der Waals surface area contributed by atoms with Crippen LogP contribution < -0.4 is 4.74 Å². The van der Waals surface area contributed by atoms with Gasteiger partial charge in [0.15, 0.2) is 11.6 Å². The van der Waals surface area contributed by atoms with E-state index in [0.29, 0.717) is 10.9 Å². The monoisotopic (exact) mass is 255 g/mol. The van der Waals surface area contributed by atoms with Gasteiger partial charge in [-0.05, 0) is 18.2 Å². The van der Waals surface area contributed by atoms with Crippen molar-refractivity contribution in [3.8, 4) is 5.75 Å². The molecule has 0 aliphatic heterocycles. The number of aromatic nitrogens is 1. The summed E-state index contributed by atoms with van der Waals surface area (Å²) in [5, 5.41) is 0.342. The molecule has 0 atom stereocenters. The van der Waals surface area contributed by atoms with E-state index in [1.807, 2.05) is 0 Å². The van der Waals surface area contributed by atoms with Gasteiger partial charge in [0.05, 0.1) is 6.20 Å². The molecule has 0 saturated carbocycles. The summed E-state index contributed by atoms with van der Waals surface area (Å²) in [4.78, 5) is 3.80. The second-order valence-electron chi connectivity index (χ2n) is 3.32. The molecule has 0 fully saturated rings. The van der Waals surface area contributed by atoms with Gasteiger partial charge in [-0.25, -0.2) is 13.8 Å². The number of rotatable bonds is 3. The number of nitrogens with zero attached hydrogens (tertiary/aromatic N) is 1. The van der Waals surface area contributed by atoms with Crippen LogP contribution in [0.1, 0.15) is 5.56 Å². The Morgan fingerprint density at radius 1 is 1.18 bits per heavy atom. The average molecular weight is 256 g/mol. The summed E-state index contributed by atoms with van der Waals surface area (Å²) in [5.74, 6) is -1.34. The molecule has 0 unspecified atom stereocenters. The first-order valence-electron chi connectivity index (χ1n) is 4.84. The first-order valence-corrected chi connectivity index (χ1v) is 5.22. The Labute approximate surface area is 102 Å². The quantitative estimate of drug-likeness (QED) is 0.782. The Hall–Kier alpha value is -1.68. The van der Waals surface area contributed by atoms with Crippen LogP contribution in [0.5, 0.6) is 5.75 Å². The fraction of sp³-hybridized carbons (Fsp3) is 0.0833. The minimum atomic E-state index is -0.894. The lowest BCUT2D eigenvalue weighted by atomic mass is 10.2. The van der Waals surface area contributed by atoms with E-state index in [1.165, 1.54) is 18.3 Å². The Morgan fingerprint density at radius 2 is 2.00 bits per heavy atom. The van der Waals surface area contributed by atoms with E-state index in [2.05, 4.69) is 4.98 Å². The normalized spacial score (nSPS) is 10.3. The molecule has 0 amide bonds. The zero-order valence-corrected chi connectivity index (χ0v) is 9.42. The van der Waals surface area contributed by atoms with E-state index in [1.54, 1.807) is 12.1 Å². The topological polar surface area (TPSA) is 22.1 Å². The summed E-state index contributed by atoms with van der Waals surface area (Å²) in [7, 11) is 0. The number of halogens is 3. The van der Waals surface area contributed by atoms with Crippen LogP contribution in [0.15, 0.2) is 36.5 Å². The lowest BCUT2D eigenvalue weighted by Crippen LogP contribution is -2.00. The molecule has 2 aromatic rings. The zero-order valence-electron chi connectivity index (χ0n) is 8.66. The third-order valence-corrected chi connectivity index (χ3v) is 2.35. The second kappa shape index (κ2) is 5.10. The highest BCUT2D eigenvalue weighted by molar-refractivity contribution is 6.29. The molecule has 0 saturated heterocycles. The van der Waals surface area contributed by atoms with Crippen molar-refractivity contribution in [3.05, 3.63) is 58.9 Å². The molecule has 1 aromatic heterocycles. The second-order valence-corrected chi connectivity index (χ2v) is 3.71. The van der Waals surface area contributed by atoms with Crippen LogP contribution in [0.3, 0.4) is 0 Å². The van der Waals surface area contributed by atoms with Gasteiger partial charge in [-0.2, -0.15) is 0 Å². The van der Waals surface area contributed by atoms with Crippen molar-refractivity contribution in [2.45, 2.75) is 6.61 Å². The van der Waals surface area contributed by atoms with Gasteiger partial charge in [0.1, 0.15) is 17.5 Å². The molecule has 1 aromatic carbocycles. The molecule has 0 bridgehead atoms. The lowest BCUT2D eigenvalue weighted by Gasteiger charge is -2.06. The molecular formula is C12H8ClF2NO. The molecule has 0 N–H and O–H groups in total. The number of benzene rings is 1. The van der Waals surface area contributed by atoms with Gasteiger partial charge >= 0.3 is 0 Å². The van der Waals surface area contributed by atoms with Gasteiger partial charge in [-0.3, -0.25) is 0 Å². The third-order valence-electron chi connectivity index (χ3n) is 2.13. The van der Waals surface area contributed by atoms with Gasteiger partial charge in [0.25, 0.3) is 0 Å². The first kappa shape index (κ1) is 11.8. The van der Waals surface area contributed by atoms with Crippen LogP contribution in [0.2, 0.25) is 5.15 Å². The van der Waals surface area contributed by atoms with Crippen molar-refractivity contribution >= 4 is 11.6 Å². The highest BCUT2D eigenvalue weighted by atomic mass is 35.5. The third kappa shape index (κ3) is 2.91. The molecule has 2 nitrogen and oxygen atoms in total. The summed E-state index contributed by atoms with van der Waals surface area (Å²) in [6.07, 6.45) is 1.42. The predicted octanol–water partition coefficient (Wildman–Crippen LogP) is 3.59. The van der Waals surface area contributed by atoms with Crippen LogP contribution in [0, 0.1) is 11.6 Å². The highest BCUT2D eigenvalue weighted by Gasteiger charge is 2.07. The Kier molecular flexibility index (Phi) is 3.54. The maximum atomic E-state index is 13.3. The van der Waals surface area contributed by atoms with E-state index >= 15 is 0 Å². The van der Waals surface area contributed by atoms with E-state index in [-0.39, 0.29) is 12.2 Å². The Balaban J connectivity index is 2.07.